The number of phenols is 1. The maximum atomic E-state index is 13.7. The number of aromatic hydroxyl groups is 1. The van der Waals surface area contributed by atoms with Crippen LogP contribution < -0.4 is 0 Å². The van der Waals surface area contributed by atoms with Crippen molar-refractivity contribution in [3.05, 3.63) is 29.1 Å². The molecule has 136 valence electrons. The molecule has 0 fully saturated rings. The molecule has 1 atom stereocenters. The van der Waals surface area contributed by atoms with Gasteiger partial charge in [0.2, 0.25) is 0 Å². The quantitative estimate of drug-likeness (QED) is 0.587. The first-order valence-corrected chi connectivity index (χ1v) is 6.91. The van der Waals surface area contributed by atoms with Gasteiger partial charge in [-0.05, 0) is 29.5 Å². The molecule has 9 heteroatoms. The lowest BCUT2D eigenvalue weighted by Crippen LogP contribution is -2.55. The van der Waals surface area contributed by atoms with Crippen LogP contribution in [0.1, 0.15) is 31.4 Å². The van der Waals surface area contributed by atoms with Gasteiger partial charge in [0.15, 0.2) is 0 Å². The Morgan fingerprint density at radius 2 is 1.75 bits per heavy atom. The average molecular weight is 354 g/mol. The Bertz CT molecular complexity index is 627. The summed E-state index contributed by atoms with van der Waals surface area (Å²) in [5.74, 6) is -3.91. The van der Waals surface area contributed by atoms with E-state index in [0.717, 1.165) is 26.0 Å². The first kappa shape index (κ1) is 20.2. The minimum Gasteiger partial charge on any atom is -0.507 e. The zero-order chi connectivity index (χ0) is 18.9. The van der Waals surface area contributed by atoms with Crippen LogP contribution in [0.3, 0.4) is 0 Å². The Balaban J connectivity index is 3.42. The molecule has 0 saturated carbocycles. The maximum absolute atomic E-state index is 13.7. The summed E-state index contributed by atoms with van der Waals surface area (Å²) in [6.07, 6.45) is -6.95. The third-order valence-electron chi connectivity index (χ3n) is 3.78. The number of aliphatic hydroxyl groups excluding tert-OH is 1. The van der Waals surface area contributed by atoms with E-state index in [2.05, 4.69) is 0 Å². The third kappa shape index (κ3) is 3.78. The van der Waals surface area contributed by atoms with E-state index in [1.807, 2.05) is 0 Å². The first-order chi connectivity index (χ1) is 10.8. The van der Waals surface area contributed by atoms with E-state index in [0.29, 0.717) is 0 Å². The van der Waals surface area contributed by atoms with E-state index in [-0.39, 0.29) is 17.5 Å². The van der Waals surface area contributed by atoms with Gasteiger partial charge in [-0.3, -0.25) is 0 Å². The van der Waals surface area contributed by atoms with Gasteiger partial charge in [-0.2, -0.15) is 13.2 Å². The molecule has 0 amide bonds. The summed E-state index contributed by atoms with van der Waals surface area (Å²) in [6.45, 7) is 1.85. The normalized spacial score (nSPS) is 15.2. The largest absolute Gasteiger partial charge is 0.507 e. The number of hydrogen-bond acceptors (Lipinski definition) is 4. The van der Waals surface area contributed by atoms with Crippen LogP contribution in [0.2, 0.25) is 0 Å². The number of alkyl halides is 3. The molecule has 0 bridgehead atoms. The zero-order valence-electron chi connectivity index (χ0n) is 13.0. The predicted molar refractivity (Wildman–Crippen MR) is 75.1 cm³/mol. The number of rotatable bonds is 6. The molecule has 0 aliphatic carbocycles. The van der Waals surface area contributed by atoms with E-state index < -0.39 is 47.8 Å². The van der Waals surface area contributed by atoms with E-state index in [9.17, 15) is 32.6 Å². The summed E-state index contributed by atoms with van der Waals surface area (Å²) in [5.41, 5.74) is -6.13. The number of halogens is 4. The number of phenolic OH excluding ortho intramolecular Hbond substituents is 1. The minimum absolute atomic E-state index is 0.0357. The molecule has 0 aliphatic heterocycles. The third-order valence-corrected chi connectivity index (χ3v) is 3.78. The number of carboxylic acid groups (broad SMARTS) is 1. The van der Waals surface area contributed by atoms with Gasteiger partial charge in [-0.25, -0.2) is 9.18 Å². The second-order valence-corrected chi connectivity index (χ2v) is 6.16. The second-order valence-electron chi connectivity index (χ2n) is 6.16. The first-order valence-electron chi connectivity index (χ1n) is 6.91. The topological polar surface area (TPSA) is 98.0 Å². The lowest BCUT2D eigenvalue weighted by molar-refractivity contribution is -0.265. The summed E-state index contributed by atoms with van der Waals surface area (Å²) in [4.78, 5) is 11.0. The van der Waals surface area contributed by atoms with Crippen LogP contribution in [0.4, 0.5) is 17.6 Å². The Hall–Kier alpha value is -1.87. The maximum Gasteiger partial charge on any atom is 0.428 e. The lowest BCUT2D eigenvalue weighted by Gasteiger charge is -2.35. The monoisotopic (exact) mass is 354 g/mol. The van der Waals surface area contributed by atoms with Crippen LogP contribution in [-0.4, -0.2) is 44.8 Å². The number of aliphatic carboxylic acids is 1. The molecule has 0 radical (unpaired) electrons. The molecule has 5 nitrogen and oxygen atoms in total. The van der Waals surface area contributed by atoms with Crippen molar-refractivity contribution in [3.63, 3.8) is 0 Å². The van der Waals surface area contributed by atoms with Gasteiger partial charge in [-0.15, -0.1) is 0 Å². The molecular weight excluding hydrogens is 336 g/mol. The molecule has 1 aromatic rings. The second kappa shape index (κ2) is 6.56. The zero-order valence-corrected chi connectivity index (χ0v) is 13.0. The van der Waals surface area contributed by atoms with Crippen molar-refractivity contribution >= 4 is 5.97 Å². The fourth-order valence-corrected chi connectivity index (χ4v) is 2.51. The SMILES string of the molecule is CC(C)(CC(O)(C(=O)O)C(F)(F)F)c1cc(F)cc(CCO)c1O. The highest BCUT2D eigenvalue weighted by Crippen LogP contribution is 2.44. The highest BCUT2D eigenvalue weighted by Gasteiger charge is 2.62. The van der Waals surface area contributed by atoms with Gasteiger partial charge < -0.3 is 20.4 Å². The molecule has 1 aromatic carbocycles. The predicted octanol–water partition coefficient (Wildman–Crippen LogP) is 2.11. The van der Waals surface area contributed by atoms with Crippen molar-refractivity contribution in [2.75, 3.05) is 6.61 Å². The molecule has 0 aliphatic rings. The summed E-state index contributed by atoms with van der Waals surface area (Å²) < 4.78 is 52.6. The Kier molecular flexibility index (Phi) is 5.51. The summed E-state index contributed by atoms with van der Waals surface area (Å²) >= 11 is 0. The lowest BCUT2D eigenvalue weighted by atomic mass is 9.74. The average Bonchev–Trinajstić information content (AvgIpc) is 2.40. The fraction of sp³-hybridized carbons (Fsp3) is 0.533. The van der Waals surface area contributed by atoms with Crippen LogP contribution in [0.15, 0.2) is 12.1 Å². The Morgan fingerprint density at radius 1 is 1.21 bits per heavy atom. The van der Waals surface area contributed by atoms with Crippen molar-refractivity contribution in [3.8, 4) is 5.75 Å². The Morgan fingerprint density at radius 3 is 2.17 bits per heavy atom. The number of aliphatic hydroxyl groups is 2. The standard InChI is InChI=1S/C15H18F4O5/c1-13(2,7-14(24,12(22)23)15(17,18)19)10-6-9(16)5-8(3-4-20)11(10)21/h5-6,20-21,24H,3-4,7H2,1-2H3,(H,22,23). The number of hydrogen-bond donors (Lipinski definition) is 4. The van der Waals surface area contributed by atoms with Crippen LogP contribution in [0.5, 0.6) is 5.75 Å². The van der Waals surface area contributed by atoms with E-state index in [4.69, 9.17) is 10.2 Å². The molecular formula is C15H18F4O5. The number of benzene rings is 1. The van der Waals surface area contributed by atoms with E-state index >= 15 is 0 Å². The molecule has 24 heavy (non-hydrogen) atoms. The number of carboxylic acids is 1. The molecule has 1 rings (SSSR count). The minimum atomic E-state index is -5.47. The highest BCUT2D eigenvalue weighted by atomic mass is 19.4. The molecule has 0 heterocycles. The highest BCUT2D eigenvalue weighted by molar-refractivity contribution is 5.78. The van der Waals surface area contributed by atoms with Gasteiger partial charge in [0.05, 0.1) is 0 Å². The van der Waals surface area contributed by atoms with Crippen LogP contribution in [0.25, 0.3) is 0 Å². The molecule has 0 spiro atoms. The molecule has 1 unspecified atom stereocenters. The molecule has 4 N–H and O–H groups in total. The molecule has 0 saturated heterocycles. The van der Waals surface area contributed by atoms with E-state index in [1.165, 1.54) is 0 Å². The smallest absolute Gasteiger partial charge is 0.428 e. The Labute approximate surface area is 135 Å². The van der Waals surface area contributed by atoms with Crippen molar-refractivity contribution < 1.29 is 42.8 Å². The van der Waals surface area contributed by atoms with Gasteiger partial charge in [0, 0.05) is 18.6 Å². The van der Waals surface area contributed by atoms with Gasteiger partial charge in [0.1, 0.15) is 11.6 Å². The molecule has 0 aromatic heterocycles. The fourth-order valence-electron chi connectivity index (χ4n) is 2.51. The van der Waals surface area contributed by atoms with Gasteiger partial charge in [0.25, 0.3) is 5.60 Å². The van der Waals surface area contributed by atoms with Crippen LogP contribution in [0, 0.1) is 5.82 Å². The number of carbonyl (C=O) groups is 1. The van der Waals surface area contributed by atoms with Crippen LogP contribution in [-0.2, 0) is 16.6 Å². The van der Waals surface area contributed by atoms with Gasteiger partial charge in [-0.1, -0.05) is 13.8 Å². The van der Waals surface area contributed by atoms with E-state index in [1.54, 1.807) is 0 Å². The van der Waals surface area contributed by atoms with Crippen molar-refractivity contribution in [1.82, 2.24) is 0 Å². The summed E-state index contributed by atoms with van der Waals surface area (Å²) in [5, 5.41) is 37.4. The summed E-state index contributed by atoms with van der Waals surface area (Å²) in [6, 6.07) is 1.69. The van der Waals surface area contributed by atoms with Crippen molar-refractivity contribution in [2.45, 2.75) is 43.9 Å². The van der Waals surface area contributed by atoms with Crippen molar-refractivity contribution in [2.24, 2.45) is 0 Å². The summed E-state index contributed by atoms with van der Waals surface area (Å²) in [7, 11) is 0. The van der Waals surface area contributed by atoms with Gasteiger partial charge >= 0.3 is 12.1 Å². The van der Waals surface area contributed by atoms with Crippen LogP contribution >= 0.6 is 0 Å². The van der Waals surface area contributed by atoms with Crippen molar-refractivity contribution in [1.29, 1.82) is 0 Å².